The van der Waals surface area contributed by atoms with Gasteiger partial charge < -0.3 is 4.52 Å². The van der Waals surface area contributed by atoms with Crippen LogP contribution in [0.3, 0.4) is 0 Å². The molecule has 0 radical (unpaired) electrons. The van der Waals surface area contributed by atoms with Crippen LogP contribution in [0.15, 0.2) is 47.2 Å². The Hall–Kier alpha value is -3.69. The summed E-state index contributed by atoms with van der Waals surface area (Å²) in [5.41, 5.74) is -0.193. The first-order valence-electron chi connectivity index (χ1n) is 6.23. The summed E-state index contributed by atoms with van der Waals surface area (Å²) in [5.74, 6) is 0.165. The fourth-order valence-electron chi connectivity index (χ4n) is 1.88. The predicted octanol–water partition coefficient (Wildman–Crippen LogP) is 2.62. The SMILES string of the molecule is O=[N+]([O-])c1cc(-c2nc(-c3cccnc3)no2)cc([N+](=O)[O-])c1. The summed E-state index contributed by atoms with van der Waals surface area (Å²) in [6, 6.07) is 6.52. The van der Waals surface area contributed by atoms with Crippen LogP contribution < -0.4 is 0 Å². The Morgan fingerprint density at radius 1 is 1.00 bits per heavy atom. The molecule has 10 nitrogen and oxygen atoms in total. The molecule has 0 amide bonds. The number of hydrogen-bond donors (Lipinski definition) is 0. The number of rotatable bonds is 4. The minimum Gasteiger partial charge on any atom is -0.334 e. The number of nitro groups is 2. The minimum atomic E-state index is -0.727. The van der Waals surface area contributed by atoms with E-state index in [4.69, 9.17) is 4.52 Å². The van der Waals surface area contributed by atoms with Gasteiger partial charge in [0, 0.05) is 30.1 Å². The van der Waals surface area contributed by atoms with Gasteiger partial charge in [-0.05, 0) is 12.1 Å². The zero-order chi connectivity index (χ0) is 16.4. The molecule has 0 aliphatic heterocycles. The van der Waals surface area contributed by atoms with Crippen molar-refractivity contribution in [2.75, 3.05) is 0 Å². The van der Waals surface area contributed by atoms with Crippen molar-refractivity contribution in [1.82, 2.24) is 15.1 Å². The second-order valence-corrected chi connectivity index (χ2v) is 4.42. The Morgan fingerprint density at radius 2 is 1.70 bits per heavy atom. The van der Waals surface area contributed by atoms with Crippen LogP contribution in [0, 0.1) is 20.2 Å². The Morgan fingerprint density at radius 3 is 2.26 bits per heavy atom. The fraction of sp³-hybridized carbons (Fsp3) is 0. The maximum atomic E-state index is 10.9. The lowest BCUT2D eigenvalue weighted by Gasteiger charge is -1.97. The van der Waals surface area contributed by atoms with E-state index in [1.807, 2.05) is 0 Å². The van der Waals surface area contributed by atoms with Crippen molar-refractivity contribution >= 4 is 11.4 Å². The molecule has 0 aliphatic carbocycles. The van der Waals surface area contributed by atoms with Crippen LogP contribution in [-0.2, 0) is 0 Å². The van der Waals surface area contributed by atoms with Gasteiger partial charge in [0.05, 0.1) is 21.5 Å². The van der Waals surface area contributed by atoms with Crippen molar-refractivity contribution in [2.45, 2.75) is 0 Å². The van der Waals surface area contributed by atoms with E-state index >= 15 is 0 Å². The largest absolute Gasteiger partial charge is 0.334 e. The first-order valence-corrected chi connectivity index (χ1v) is 6.23. The molecule has 0 saturated carbocycles. The molecule has 3 rings (SSSR count). The third-order valence-corrected chi connectivity index (χ3v) is 2.92. The molecule has 2 aromatic heterocycles. The molecule has 0 unspecified atom stereocenters. The highest BCUT2D eigenvalue weighted by Crippen LogP contribution is 2.29. The molecule has 0 atom stereocenters. The monoisotopic (exact) mass is 313 g/mol. The van der Waals surface area contributed by atoms with E-state index in [1.54, 1.807) is 18.3 Å². The Labute approximate surface area is 127 Å². The van der Waals surface area contributed by atoms with E-state index in [-0.39, 0.29) is 17.3 Å². The van der Waals surface area contributed by atoms with Gasteiger partial charge in [-0.2, -0.15) is 4.98 Å². The van der Waals surface area contributed by atoms with Gasteiger partial charge in [0.15, 0.2) is 0 Å². The summed E-state index contributed by atoms with van der Waals surface area (Å²) in [7, 11) is 0. The number of pyridine rings is 1. The highest BCUT2D eigenvalue weighted by Gasteiger charge is 2.20. The third-order valence-electron chi connectivity index (χ3n) is 2.92. The van der Waals surface area contributed by atoms with Crippen molar-refractivity contribution in [3.8, 4) is 22.8 Å². The van der Waals surface area contributed by atoms with Gasteiger partial charge >= 0.3 is 0 Å². The molecule has 0 N–H and O–H groups in total. The highest BCUT2D eigenvalue weighted by molar-refractivity contribution is 5.65. The lowest BCUT2D eigenvalue weighted by Crippen LogP contribution is -1.94. The van der Waals surface area contributed by atoms with Gasteiger partial charge in [-0.25, -0.2) is 0 Å². The van der Waals surface area contributed by atoms with Crippen LogP contribution in [0.2, 0.25) is 0 Å². The van der Waals surface area contributed by atoms with Crippen LogP contribution in [0.4, 0.5) is 11.4 Å². The topological polar surface area (TPSA) is 138 Å². The summed E-state index contributed by atoms with van der Waals surface area (Å²) in [6.45, 7) is 0. The molecule has 0 saturated heterocycles. The number of aromatic nitrogens is 3. The molecular weight excluding hydrogens is 306 g/mol. The standard InChI is InChI=1S/C13H7N5O5/c19-17(20)10-4-9(5-11(6-10)18(21)22)13-15-12(16-23-13)8-2-1-3-14-7-8/h1-7H. The molecule has 0 fully saturated rings. The lowest BCUT2D eigenvalue weighted by molar-refractivity contribution is -0.394. The molecule has 1 aromatic carbocycles. The molecule has 0 bridgehead atoms. The summed E-state index contributed by atoms with van der Waals surface area (Å²) >= 11 is 0. The minimum absolute atomic E-state index is 0.0596. The summed E-state index contributed by atoms with van der Waals surface area (Å²) in [6.07, 6.45) is 3.10. The number of nitrogens with zero attached hydrogens (tertiary/aromatic N) is 5. The quantitative estimate of drug-likeness (QED) is 0.529. The van der Waals surface area contributed by atoms with E-state index in [0.717, 1.165) is 18.2 Å². The van der Waals surface area contributed by atoms with Crippen molar-refractivity contribution in [3.05, 3.63) is 63.0 Å². The third kappa shape index (κ3) is 2.85. The van der Waals surface area contributed by atoms with E-state index in [0.29, 0.717) is 5.56 Å². The number of nitro benzene ring substituents is 2. The van der Waals surface area contributed by atoms with E-state index in [9.17, 15) is 20.2 Å². The van der Waals surface area contributed by atoms with Crippen LogP contribution in [0.25, 0.3) is 22.8 Å². The maximum absolute atomic E-state index is 10.9. The van der Waals surface area contributed by atoms with Gasteiger partial charge in [0.25, 0.3) is 17.3 Å². The molecule has 10 heteroatoms. The van der Waals surface area contributed by atoms with E-state index in [1.165, 1.54) is 6.20 Å². The van der Waals surface area contributed by atoms with Crippen LogP contribution >= 0.6 is 0 Å². The Bertz CT molecular complexity index is 861. The predicted molar refractivity (Wildman–Crippen MR) is 76.3 cm³/mol. The molecule has 0 spiro atoms. The average molecular weight is 313 g/mol. The summed E-state index contributed by atoms with van der Waals surface area (Å²) in [4.78, 5) is 28.3. The summed E-state index contributed by atoms with van der Waals surface area (Å²) < 4.78 is 5.04. The lowest BCUT2D eigenvalue weighted by atomic mass is 10.1. The molecule has 3 aromatic rings. The smallest absolute Gasteiger partial charge is 0.277 e. The zero-order valence-electron chi connectivity index (χ0n) is 11.3. The average Bonchev–Trinajstić information content (AvgIpc) is 3.05. The van der Waals surface area contributed by atoms with Gasteiger partial charge in [0.2, 0.25) is 5.82 Å². The Balaban J connectivity index is 2.07. The van der Waals surface area contributed by atoms with Crippen LogP contribution in [-0.4, -0.2) is 25.0 Å². The maximum Gasteiger partial charge on any atom is 0.277 e. The van der Waals surface area contributed by atoms with Gasteiger partial charge in [-0.15, -0.1) is 0 Å². The van der Waals surface area contributed by atoms with Gasteiger partial charge in [-0.3, -0.25) is 25.2 Å². The first-order chi connectivity index (χ1) is 11.0. The zero-order valence-corrected chi connectivity index (χ0v) is 11.3. The van der Waals surface area contributed by atoms with Crippen molar-refractivity contribution in [1.29, 1.82) is 0 Å². The molecule has 0 aliphatic rings. The number of non-ortho nitro benzene ring substituents is 2. The molecular formula is C13H7N5O5. The first kappa shape index (κ1) is 14.3. The van der Waals surface area contributed by atoms with E-state index < -0.39 is 21.2 Å². The van der Waals surface area contributed by atoms with Crippen molar-refractivity contribution in [3.63, 3.8) is 0 Å². The second kappa shape index (κ2) is 5.60. The van der Waals surface area contributed by atoms with Crippen LogP contribution in [0.1, 0.15) is 0 Å². The van der Waals surface area contributed by atoms with Crippen LogP contribution in [0.5, 0.6) is 0 Å². The van der Waals surface area contributed by atoms with Crippen molar-refractivity contribution in [2.24, 2.45) is 0 Å². The second-order valence-electron chi connectivity index (χ2n) is 4.42. The number of benzene rings is 1. The highest BCUT2D eigenvalue weighted by atomic mass is 16.6. The molecule has 2 heterocycles. The summed E-state index contributed by atoms with van der Waals surface area (Å²) in [5, 5.41) is 25.5. The molecule has 114 valence electrons. The Kier molecular flexibility index (Phi) is 3.47. The van der Waals surface area contributed by atoms with Gasteiger partial charge in [0.1, 0.15) is 0 Å². The number of hydrogen-bond acceptors (Lipinski definition) is 8. The normalized spacial score (nSPS) is 10.4. The van der Waals surface area contributed by atoms with Gasteiger partial charge in [-0.1, -0.05) is 5.16 Å². The fourth-order valence-corrected chi connectivity index (χ4v) is 1.88. The van der Waals surface area contributed by atoms with Crippen molar-refractivity contribution < 1.29 is 14.4 Å². The molecule has 23 heavy (non-hydrogen) atoms. The van der Waals surface area contributed by atoms with E-state index in [2.05, 4.69) is 15.1 Å².